The predicted molar refractivity (Wildman–Crippen MR) is 84.1 cm³/mol. The molecular formula is C13H18ClIN2O. The number of hydrogen-bond acceptors (Lipinski definition) is 2. The molecule has 0 spiro atoms. The number of piperidine rings is 1. The lowest BCUT2D eigenvalue weighted by Gasteiger charge is -2.23. The van der Waals surface area contributed by atoms with E-state index >= 15 is 0 Å². The quantitative estimate of drug-likeness (QED) is 0.789. The fourth-order valence-corrected chi connectivity index (χ4v) is 2.69. The predicted octanol–water partition coefficient (Wildman–Crippen LogP) is 2.12. The van der Waals surface area contributed by atoms with Crippen LogP contribution in [0.1, 0.15) is 18.4 Å². The second-order valence-electron chi connectivity index (χ2n) is 4.42. The molecule has 0 radical (unpaired) electrons. The molecule has 0 aromatic heterocycles. The maximum Gasteiger partial charge on any atom is 0.224 e. The first-order valence-corrected chi connectivity index (χ1v) is 7.06. The van der Waals surface area contributed by atoms with Gasteiger partial charge in [-0.3, -0.25) is 4.79 Å². The van der Waals surface area contributed by atoms with Gasteiger partial charge in [0.15, 0.2) is 0 Å². The molecule has 1 aliphatic rings. The number of nitrogens with one attached hydrogen (secondary N) is 2. The molecule has 1 aliphatic heterocycles. The molecule has 0 bridgehead atoms. The van der Waals surface area contributed by atoms with Crippen molar-refractivity contribution >= 4 is 40.9 Å². The number of carbonyl (C=O) groups is 1. The summed E-state index contributed by atoms with van der Waals surface area (Å²) in [5.41, 5.74) is 1.08. The fraction of sp³-hybridized carbons (Fsp3) is 0.462. The molecular weight excluding hydrogens is 363 g/mol. The van der Waals surface area contributed by atoms with E-state index in [4.69, 9.17) is 0 Å². The molecule has 1 aromatic rings. The van der Waals surface area contributed by atoms with Gasteiger partial charge in [0.05, 0.1) is 6.42 Å². The lowest BCUT2D eigenvalue weighted by molar-refractivity contribution is -0.121. The van der Waals surface area contributed by atoms with Gasteiger partial charge in [0.25, 0.3) is 0 Å². The minimum absolute atomic E-state index is 0. The molecule has 1 atom stereocenters. The zero-order valence-corrected chi connectivity index (χ0v) is 13.1. The van der Waals surface area contributed by atoms with Crippen LogP contribution in [0.15, 0.2) is 24.3 Å². The molecule has 1 amide bonds. The van der Waals surface area contributed by atoms with Crippen LogP contribution in [0.25, 0.3) is 0 Å². The van der Waals surface area contributed by atoms with Crippen molar-refractivity contribution in [3.05, 3.63) is 33.4 Å². The highest BCUT2D eigenvalue weighted by molar-refractivity contribution is 14.1. The van der Waals surface area contributed by atoms with Crippen LogP contribution in [-0.2, 0) is 11.2 Å². The molecule has 5 heteroatoms. The Morgan fingerprint density at radius 3 is 3.00 bits per heavy atom. The Labute approximate surface area is 128 Å². The number of amides is 1. The van der Waals surface area contributed by atoms with Gasteiger partial charge in [-0.05, 0) is 59.7 Å². The monoisotopic (exact) mass is 380 g/mol. The Morgan fingerprint density at radius 2 is 2.33 bits per heavy atom. The number of hydrogen-bond donors (Lipinski definition) is 2. The van der Waals surface area contributed by atoms with E-state index in [1.807, 2.05) is 18.2 Å². The van der Waals surface area contributed by atoms with Crippen molar-refractivity contribution in [3.8, 4) is 0 Å². The van der Waals surface area contributed by atoms with Gasteiger partial charge in [-0.25, -0.2) is 0 Å². The number of benzene rings is 1. The summed E-state index contributed by atoms with van der Waals surface area (Å²) in [5.74, 6) is 0.126. The van der Waals surface area contributed by atoms with Gasteiger partial charge in [0.2, 0.25) is 5.91 Å². The number of halogens is 2. The minimum atomic E-state index is 0. The molecule has 1 heterocycles. The zero-order chi connectivity index (χ0) is 12.1. The molecule has 0 saturated carbocycles. The summed E-state index contributed by atoms with van der Waals surface area (Å²) < 4.78 is 1.17. The molecule has 1 saturated heterocycles. The van der Waals surface area contributed by atoms with E-state index in [9.17, 15) is 4.79 Å². The Balaban J connectivity index is 0.00000162. The number of rotatable bonds is 3. The van der Waals surface area contributed by atoms with Gasteiger partial charge in [-0.15, -0.1) is 12.4 Å². The van der Waals surface area contributed by atoms with Crippen molar-refractivity contribution in [2.75, 3.05) is 13.1 Å². The smallest absolute Gasteiger partial charge is 0.224 e. The first-order chi connectivity index (χ1) is 8.24. The van der Waals surface area contributed by atoms with E-state index in [1.54, 1.807) is 0 Å². The summed E-state index contributed by atoms with van der Waals surface area (Å²) >= 11 is 2.27. The third-order valence-electron chi connectivity index (χ3n) is 2.92. The average molecular weight is 381 g/mol. The van der Waals surface area contributed by atoms with Crippen LogP contribution in [0.3, 0.4) is 0 Å². The van der Waals surface area contributed by atoms with E-state index in [-0.39, 0.29) is 18.3 Å². The van der Waals surface area contributed by atoms with Crippen molar-refractivity contribution in [1.29, 1.82) is 0 Å². The third kappa shape index (κ3) is 5.12. The van der Waals surface area contributed by atoms with Crippen LogP contribution in [-0.4, -0.2) is 25.0 Å². The van der Waals surface area contributed by atoms with Gasteiger partial charge in [-0.1, -0.05) is 12.1 Å². The van der Waals surface area contributed by atoms with E-state index in [0.29, 0.717) is 12.5 Å². The highest BCUT2D eigenvalue weighted by Gasteiger charge is 2.15. The summed E-state index contributed by atoms with van der Waals surface area (Å²) in [5, 5.41) is 6.38. The molecule has 2 N–H and O–H groups in total. The Bertz CT molecular complexity index is 394. The molecule has 2 rings (SSSR count). The first kappa shape index (κ1) is 15.7. The molecule has 1 aromatic carbocycles. The van der Waals surface area contributed by atoms with E-state index in [2.05, 4.69) is 39.3 Å². The first-order valence-electron chi connectivity index (χ1n) is 5.98. The van der Waals surface area contributed by atoms with Crippen LogP contribution >= 0.6 is 35.0 Å². The Kier molecular flexibility index (Phi) is 6.96. The highest BCUT2D eigenvalue weighted by Crippen LogP contribution is 2.09. The maximum atomic E-state index is 11.9. The molecule has 3 nitrogen and oxygen atoms in total. The standard InChI is InChI=1S/C13H17IN2O.ClH/c14-11-4-1-3-10(7-11)8-13(17)16-12-5-2-6-15-9-12;/h1,3-4,7,12,15H,2,5-6,8-9H2,(H,16,17);1H. The van der Waals surface area contributed by atoms with Crippen molar-refractivity contribution in [2.45, 2.75) is 25.3 Å². The van der Waals surface area contributed by atoms with E-state index < -0.39 is 0 Å². The van der Waals surface area contributed by atoms with Crippen molar-refractivity contribution in [1.82, 2.24) is 10.6 Å². The lowest BCUT2D eigenvalue weighted by Crippen LogP contribution is -2.46. The highest BCUT2D eigenvalue weighted by atomic mass is 127. The second-order valence-corrected chi connectivity index (χ2v) is 5.66. The molecule has 0 aliphatic carbocycles. The SMILES string of the molecule is Cl.O=C(Cc1cccc(I)c1)NC1CCCNC1. The van der Waals surface area contributed by atoms with Gasteiger partial charge in [0, 0.05) is 16.2 Å². The van der Waals surface area contributed by atoms with Gasteiger partial charge in [0.1, 0.15) is 0 Å². The minimum Gasteiger partial charge on any atom is -0.352 e. The van der Waals surface area contributed by atoms with Gasteiger partial charge < -0.3 is 10.6 Å². The second kappa shape index (κ2) is 7.96. The maximum absolute atomic E-state index is 11.9. The summed E-state index contributed by atoms with van der Waals surface area (Å²) in [6.45, 7) is 1.97. The lowest BCUT2D eigenvalue weighted by atomic mass is 10.1. The summed E-state index contributed by atoms with van der Waals surface area (Å²) in [7, 11) is 0. The largest absolute Gasteiger partial charge is 0.352 e. The van der Waals surface area contributed by atoms with Crippen LogP contribution in [0.4, 0.5) is 0 Å². The Hall–Kier alpha value is -0.330. The van der Waals surface area contributed by atoms with Crippen molar-refractivity contribution in [2.24, 2.45) is 0 Å². The van der Waals surface area contributed by atoms with Gasteiger partial charge >= 0.3 is 0 Å². The van der Waals surface area contributed by atoms with Gasteiger partial charge in [-0.2, -0.15) is 0 Å². The third-order valence-corrected chi connectivity index (χ3v) is 3.59. The Morgan fingerprint density at radius 1 is 1.50 bits per heavy atom. The molecule has 18 heavy (non-hydrogen) atoms. The topological polar surface area (TPSA) is 41.1 Å². The van der Waals surface area contributed by atoms with Crippen LogP contribution < -0.4 is 10.6 Å². The fourth-order valence-electron chi connectivity index (χ4n) is 2.09. The molecule has 1 unspecified atom stereocenters. The van der Waals surface area contributed by atoms with Crippen molar-refractivity contribution in [3.63, 3.8) is 0 Å². The molecule has 1 fully saturated rings. The van der Waals surface area contributed by atoms with Crippen LogP contribution in [0.2, 0.25) is 0 Å². The number of carbonyl (C=O) groups excluding carboxylic acids is 1. The zero-order valence-electron chi connectivity index (χ0n) is 10.1. The van der Waals surface area contributed by atoms with E-state index in [1.165, 1.54) is 3.57 Å². The average Bonchev–Trinajstić information content (AvgIpc) is 2.30. The summed E-state index contributed by atoms with van der Waals surface area (Å²) in [6.07, 6.45) is 2.71. The van der Waals surface area contributed by atoms with E-state index in [0.717, 1.165) is 31.5 Å². The normalized spacial score (nSPS) is 18.8. The molecule has 100 valence electrons. The van der Waals surface area contributed by atoms with Crippen LogP contribution in [0, 0.1) is 3.57 Å². The van der Waals surface area contributed by atoms with Crippen LogP contribution in [0.5, 0.6) is 0 Å². The van der Waals surface area contributed by atoms with Crippen molar-refractivity contribution < 1.29 is 4.79 Å². The summed E-state index contributed by atoms with van der Waals surface area (Å²) in [6, 6.07) is 8.39. The summed E-state index contributed by atoms with van der Waals surface area (Å²) in [4.78, 5) is 11.9.